The molecule has 200 valence electrons. The summed E-state index contributed by atoms with van der Waals surface area (Å²) in [5.41, 5.74) is 8.75. The summed E-state index contributed by atoms with van der Waals surface area (Å²) in [5.74, 6) is 1.62. The summed E-state index contributed by atoms with van der Waals surface area (Å²) in [6.45, 7) is 14.6. The molecule has 0 aliphatic rings. The number of likely N-dealkylation sites (N-methyl/N-ethyl adjacent to an activating group) is 1. The minimum atomic E-state index is -2.16. The third kappa shape index (κ3) is 6.41. The van der Waals surface area contributed by atoms with E-state index in [4.69, 9.17) is 19.6 Å². The molecule has 0 fully saturated rings. The Kier molecular flexibility index (Phi) is 9.62. The quantitative estimate of drug-likeness (QED) is 0.439. The number of aliphatic hydroxyl groups excluding tert-OH is 1. The molecule has 1 unspecified atom stereocenters. The number of methoxy groups -OCH3 is 2. The van der Waals surface area contributed by atoms with Crippen LogP contribution in [0.25, 0.3) is 0 Å². The molecular weight excluding hydrogens is 472 g/mol. The molecule has 0 saturated heterocycles. The van der Waals surface area contributed by atoms with Crippen LogP contribution >= 0.6 is 0 Å². The second-order valence-corrected chi connectivity index (χ2v) is 15.7. The first-order valence-corrected chi connectivity index (χ1v) is 15.3. The van der Waals surface area contributed by atoms with Gasteiger partial charge in [0.25, 0.3) is 8.32 Å². The Morgan fingerprint density at radius 2 is 1.67 bits per heavy atom. The fourth-order valence-electron chi connectivity index (χ4n) is 3.94. The van der Waals surface area contributed by atoms with Gasteiger partial charge < -0.3 is 29.6 Å². The highest BCUT2D eigenvalue weighted by atomic mass is 28.4. The largest absolute Gasteiger partial charge is 0.541 e. The van der Waals surface area contributed by atoms with Crippen molar-refractivity contribution in [1.29, 1.82) is 0 Å². The summed E-state index contributed by atoms with van der Waals surface area (Å²) in [6.07, 6.45) is -0.575. The Labute approximate surface area is 217 Å². The number of nitrogens with two attached hydrogens (primary N) is 1. The molecule has 0 aliphatic heterocycles. The third-order valence-corrected chi connectivity index (χ3v) is 11.7. The molecule has 2 aromatic carbocycles. The maximum absolute atomic E-state index is 13.3. The predicted octanol–water partition coefficient (Wildman–Crippen LogP) is 4.85. The number of aliphatic hydroxyl groups is 1. The minimum absolute atomic E-state index is 0.00316. The molecular formula is C28H44N2O5Si. The number of carbonyl (C=O) groups excluding carboxylic acids is 1. The Bertz CT molecular complexity index is 1040. The first kappa shape index (κ1) is 29.7. The second kappa shape index (κ2) is 11.7. The van der Waals surface area contributed by atoms with Crippen molar-refractivity contribution in [3.8, 4) is 17.2 Å². The van der Waals surface area contributed by atoms with Crippen LogP contribution in [-0.2, 0) is 11.2 Å². The highest BCUT2D eigenvalue weighted by molar-refractivity contribution is 6.74. The van der Waals surface area contributed by atoms with Crippen molar-refractivity contribution in [3.05, 3.63) is 53.1 Å². The monoisotopic (exact) mass is 516 g/mol. The zero-order valence-corrected chi connectivity index (χ0v) is 24.5. The van der Waals surface area contributed by atoms with E-state index >= 15 is 0 Å². The van der Waals surface area contributed by atoms with Crippen molar-refractivity contribution < 1.29 is 23.8 Å². The maximum atomic E-state index is 13.3. The number of ether oxygens (including phenoxy) is 2. The van der Waals surface area contributed by atoms with Gasteiger partial charge in [-0.25, -0.2) is 0 Å². The van der Waals surface area contributed by atoms with Crippen LogP contribution in [0.4, 0.5) is 0 Å². The van der Waals surface area contributed by atoms with Gasteiger partial charge in [0, 0.05) is 24.6 Å². The molecule has 1 amide bonds. The smallest absolute Gasteiger partial charge is 0.250 e. The lowest BCUT2D eigenvalue weighted by molar-refractivity contribution is -0.135. The molecule has 0 bridgehead atoms. The summed E-state index contributed by atoms with van der Waals surface area (Å²) in [5, 5.41) is 10.8. The molecule has 0 aromatic heterocycles. The lowest BCUT2D eigenvalue weighted by atomic mass is 9.98. The minimum Gasteiger partial charge on any atom is -0.541 e. The highest BCUT2D eigenvalue weighted by Crippen LogP contribution is 2.44. The van der Waals surface area contributed by atoms with Crippen molar-refractivity contribution in [3.63, 3.8) is 0 Å². The molecule has 3 atom stereocenters. The number of carbonyl (C=O) groups is 1. The molecule has 0 spiro atoms. The van der Waals surface area contributed by atoms with Crippen LogP contribution in [-0.4, -0.2) is 57.6 Å². The summed E-state index contributed by atoms with van der Waals surface area (Å²) in [4.78, 5) is 14.8. The van der Waals surface area contributed by atoms with Gasteiger partial charge in [-0.2, -0.15) is 0 Å². The number of hydrogen-bond donors (Lipinski definition) is 2. The number of nitrogens with zero attached hydrogens (tertiary/aromatic N) is 1. The fraction of sp³-hybridized carbons (Fsp3) is 0.536. The van der Waals surface area contributed by atoms with Gasteiger partial charge in [-0.1, -0.05) is 51.1 Å². The third-order valence-electron chi connectivity index (χ3n) is 7.40. The van der Waals surface area contributed by atoms with Crippen molar-refractivity contribution in [2.45, 2.75) is 77.4 Å². The van der Waals surface area contributed by atoms with E-state index in [0.717, 1.165) is 16.7 Å². The molecule has 0 aliphatic carbocycles. The molecule has 0 heterocycles. The number of amides is 1. The molecule has 0 saturated carbocycles. The van der Waals surface area contributed by atoms with Crippen LogP contribution in [0.1, 0.15) is 50.5 Å². The van der Waals surface area contributed by atoms with Crippen LogP contribution in [0.2, 0.25) is 18.1 Å². The van der Waals surface area contributed by atoms with Crippen molar-refractivity contribution in [2.75, 3.05) is 21.3 Å². The van der Waals surface area contributed by atoms with Crippen LogP contribution in [0.15, 0.2) is 36.4 Å². The van der Waals surface area contributed by atoms with Gasteiger partial charge in [0.15, 0.2) is 5.75 Å². The van der Waals surface area contributed by atoms with Gasteiger partial charge in [-0.3, -0.25) is 4.79 Å². The van der Waals surface area contributed by atoms with Gasteiger partial charge in [-0.05, 0) is 43.6 Å². The van der Waals surface area contributed by atoms with Crippen molar-refractivity contribution in [1.82, 2.24) is 4.90 Å². The van der Waals surface area contributed by atoms with Gasteiger partial charge in [0.05, 0.1) is 32.4 Å². The Hall–Kier alpha value is -2.55. The summed E-state index contributed by atoms with van der Waals surface area (Å²) >= 11 is 0. The van der Waals surface area contributed by atoms with Gasteiger partial charge in [-0.15, -0.1) is 0 Å². The SMILES string of the molecule is COc1c(CC(N)C(=O)N(C)[C@H](C)[C@H](O)c2ccccc2)cc(O[Si](C)(C)C(C)(C)C)c(OC)c1C. The normalized spacial score (nSPS) is 14.6. The van der Waals surface area contributed by atoms with E-state index in [1.165, 1.54) is 4.90 Å². The van der Waals surface area contributed by atoms with E-state index in [1.54, 1.807) is 21.3 Å². The number of benzene rings is 2. The number of rotatable bonds is 10. The highest BCUT2D eigenvalue weighted by Gasteiger charge is 2.40. The zero-order valence-electron chi connectivity index (χ0n) is 23.5. The number of hydrogen-bond acceptors (Lipinski definition) is 6. The standard InChI is InChI=1S/C28H44N2O5Si/c1-18-25(33-7)21(17-23(26(18)34-8)35-36(9,10)28(3,4)5)16-22(29)27(32)30(6)19(2)24(31)20-14-12-11-13-15-20/h11-15,17,19,22,24,31H,16,29H2,1-10H3/t19-,22?,24+/m1/s1. The molecule has 0 radical (unpaired) electrons. The molecule has 2 rings (SSSR count). The van der Waals surface area contributed by atoms with Gasteiger partial charge in [0.2, 0.25) is 5.91 Å². The second-order valence-electron chi connectivity index (χ2n) is 10.9. The lowest BCUT2D eigenvalue weighted by Gasteiger charge is -2.37. The average Bonchev–Trinajstić information content (AvgIpc) is 2.82. The summed E-state index contributed by atoms with van der Waals surface area (Å²) in [6, 6.07) is 9.90. The topological polar surface area (TPSA) is 94.3 Å². The molecule has 3 N–H and O–H groups in total. The lowest BCUT2D eigenvalue weighted by Crippen LogP contribution is -2.48. The van der Waals surface area contributed by atoms with Crippen LogP contribution in [0.5, 0.6) is 17.2 Å². The van der Waals surface area contributed by atoms with E-state index in [1.807, 2.05) is 50.2 Å². The summed E-state index contributed by atoms with van der Waals surface area (Å²) < 4.78 is 18.0. The molecule has 2 aromatic rings. The predicted molar refractivity (Wildman–Crippen MR) is 147 cm³/mol. The van der Waals surface area contributed by atoms with E-state index in [2.05, 4.69) is 33.9 Å². The maximum Gasteiger partial charge on any atom is 0.250 e. The zero-order chi connectivity index (χ0) is 27.4. The average molecular weight is 517 g/mol. The van der Waals surface area contributed by atoms with E-state index in [-0.39, 0.29) is 17.4 Å². The van der Waals surface area contributed by atoms with Crippen molar-refractivity contribution >= 4 is 14.2 Å². The first-order valence-electron chi connectivity index (χ1n) is 12.3. The van der Waals surface area contributed by atoms with Crippen LogP contribution in [0, 0.1) is 6.92 Å². The Morgan fingerprint density at radius 3 is 2.17 bits per heavy atom. The van der Waals surface area contributed by atoms with Crippen molar-refractivity contribution in [2.24, 2.45) is 5.73 Å². The van der Waals surface area contributed by atoms with Crippen LogP contribution in [0.3, 0.4) is 0 Å². The Morgan fingerprint density at radius 1 is 1.11 bits per heavy atom. The fourth-order valence-corrected chi connectivity index (χ4v) is 4.95. The van der Waals surface area contributed by atoms with Crippen LogP contribution < -0.4 is 19.6 Å². The van der Waals surface area contributed by atoms with Gasteiger partial charge >= 0.3 is 0 Å². The molecule has 36 heavy (non-hydrogen) atoms. The van der Waals surface area contributed by atoms with E-state index < -0.39 is 26.5 Å². The van der Waals surface area contributed by atoms with Gasteiger partial charge in [0.1, 0.15) is 11.5 Å². The summed E-state index contributed by atoms with van der Waals surface area (Å²) in [7, 11) is 2.72. The van der Waals surface area contributed by atoms with E-state index in [0.29, 0.717) is 17.2 Å². The molecule has 7 nitrogen and oxygen atoms in total. The van der Waals surface area contributed by atoms with E-state index in [9.17, 15) is 9.90 Å². The first-order chi connectivity index (χ1) is 16.7. The Balaban J connectivity index is 2.34. The molecule has 8 heteroatoms.